The predicted octanol–water partition coefficient (Wildman–Crippen LogP) is 1.36. The van der Waals surface area contributed by atoms with Crippen LogP contribution in [-0.2, 0) is 14.4 Å². The molecule has 0 unspecified atom stereocenters. The average Bonchev–Trinajstić information content (AvgIpc) is 2.46. The van der Waals surface area contributed by atoms with E-state index >= 15 is 0 Å². The number of carboxylic acids is 1. The van der Waals surface area contributed by atoms with E-state index in [0.29, 0.717) is 6.42 Å². The number of nitrogens with zero attached hydrogens (tertiary/aromatic N) is 2. The van der Waals surface area contributed by atoms with Crippen molar-refractivity contribution in [2.24, 2.45) is 0 Å². The summed E-state index contributed by atoms with van der Waals surface area (Å²) >= 11 is 0. The van der Waals surface area contributed by atoms with E-state index in [0.717, 1.165) is 10.6 Å². The van der Waals surface area contributed by atoms with Gasteiger partial charge in [-0.1, -0.05) is 18.2 Å². The third-order valence-corrected chi connectivity index (χ3v) is 3.10. The molecule has 0 aliphatic heterocycles. The molecule has 0 heterocycles. The molecule has 0 radical (unpaired) electrons. The summed E-state index contributed by atoms with van der Waals surface area (Å²) in [4.78, 5) is 36.8. The second-order valence-electron chi connectivity index (χ2n) is 4.79. The number of carbonyl (C=O) groups excluding carboxylic acids is 2. The highest BCUT2D eigenvalue weighted by Gasteiger charge is 2.14. The first-order chi connectivity index (χ1) is 9.91. The van der Waals surface area contributed by atoms with Crippen molar-refractivity contribution < 1.29 is 19.5 Å². The minimum atomic E-state index is -1.05. The van der Waals surface area contributed by atoms with E-state index in [1.54, 1.807) is 11.9 Å². The Labute approximate surface area is 124 Å². The number of likely N-dealkylation sites (N-methyl/N-ethyl adjacent to an activating group) is 1. The number of anilines is 1. The van der Waals surface area contributed by atoms with Crippen LogP contribution in [0.3, 0.4) is 0 Å². The molecule has 0 aliphatic rings. The lowest BCUT2D eigenvalue weighted by Crippen LogP contribution is -2.32. The second-order valence-corrected chi connectivity index (χ2v) is 4.79. The molecule has 1 N–H and O–H groups in total. The molecule has 1 aromatic rings. The van der Waals surface area contributed by atoms with Gasteiger partial charge in [0.2, 0.25) is 11.8 Å². The van der Waals surface area contributed by atoms with Gasteiger partial charge < -0.3 is 14.9 Å². The van der Waals surface area contributed by atoms with Crippen molar-refractivity contribution in [2.75, 3.05) is 25.5 Å². The van der Waals surface area contributed by atoms with Gasteiger partial charge >= 0.3 is 5.97 Å². The molecule has 114 valence electrons. The Morgan fingerprint density at radius 2 is 1.57 bits per heavy atom. The Morgan fingerprint density at radius 3 is 2.14 bits per heavy atom. The largest absolute Gasteiger partial charge is 0.480 e. The van der Waals surface area contributed by atoms with Gasteiger partial charge in [0, 0.05) is 32.6 Å². The first kappa shape index (κ1) is 16.7. The van der Waals surface area contributed by atoms with Crippen LogP contribution in [0.25, 0.3) is 0 Å². The summed E-state index contributed by atoms with van der Waals surface area (Å²) in [5, 5.41) is 8.59. The zero-order chi connectivity index (χ0) is 15.8. The molecule has 2 amide bonds. The Balaban J connectivity index is 2.37. The van der Waals surface area contributed by atoms with Gasteiger partial charge in [-0.15, -0.1) is 0 Å². The van der Waals surface area contributed by atoms with Crippen LogP contribution < -0.4 is 4.90 Å². The fourth-order valence-electron chi connectivity index (χ4n) is 1.84. The van der Waals surface area contributed by atoms with Crippen LogP contribution in [0.1, 0.15) is 19.3 Å². The molecule has 1 aromatic carbocycles. The Kier molecular flexibility index (Phi) is 6.39. The minimum Gasteiger partial charge on any atom is -0.480 e. The number of carbonyl (C=O) groups is 3. The van der Waals surface area contributed by atoms with Crippen molar-refractivity contribution in [1.29, 1.82) is 0 Å². The number of amides is 2. The first-order valence-electron chi connectivity index (χ1n) is 6.69. The number of carboxylic acid groups (broad SMARTS) is 1. The van der Waals surface area contributed by atoms with E-state index in [2.05, 4.69) is 0 Å². The standard InChI is InChI=1S/C15H20N2O4/c1-16(11-15(20)21)13(18)9-6-10-14(19)17(2)12-7-4-3-5-8-12/h3-5,7-8H,6,9-11H2,1-2H3,(H,20,21). The van der Waals surface area contributed by atoms with Gasteiger partial charge in [0.15, 0.2) is 0 Å². The van der Waals surface area contributed by atoms with Crippen molar-refractivity contribution in [1.82, 2.24) is 4.90 Å². The van der Waals surface area contributed by atoms with Gasteiger partial charge in [-0.2, -0.15) is 0 Å². The molecule has 0 aromatic heterocycles. The van der Waals surface area contributed by atoms with Crippen LogP contribution in [0.15, 0.2) is 30.3 Å². The maximum atomic E-state index is 12.0. The van der Waals surface area contributed by atoms with E-state index in [1.807, 2.05) is 30.3 Å². The van der Waals surface area contributed by atoms with E-state index in [-0.39, 0.29) is 31.2 Å². The lowest BCUT2D eigenvalue weighted by atomic mass is 10.2. The molecule has 0 saturated heterocycles. The fourth-order valence-corrected chi connectivity index (χ4v) is 1.84. The molecule has 0 spiro atoms. The van der Waals surface area contributed by atoms with Crippen LogP contribution in [0.2, 0.25) is 0 Å². The Morgan fingerprint density at radius 1 is 1.00 bits per heavy atom. The normalized spacial score (nSPS) is 10.0. The van der Waals surface area contributed by atoms with Crippen molar-refractivity contribution in [3.63, 3.8) is 0 Å². The highest BCUT2D eigenvalue weighted by atomic mass is 16.4. The molecular weight excluding hydrogens is 272 g/mol. The van der Waals surface area contributed by atoms with Crippen LogP contribution in [-0.4, -0.2) is 48.4 Å². The van der Waals surface area contributed by atoms with E-state index in [9.17, 15) is 14.4 Å². The van der Waals surface area contributed by atoms with Crippen molar-refractivity contribution in [3.8, 4) is 0 Å². The van der Waals surface area contributed by atoms with Gasteiger partial charge in [0.1, 0.15) is 6.54 Å². The minimum absolute atomic E-state index is 0.0742. The summed E-state index contributed by atoms with van der Waals surface area (Å²) in [5.74, 6) is -1.40. The van der Waals surface area contributed by atoms with Crippen molar-refractivity contribution in [2.45, 2.75) is 19.3 Å². The molecular formula is C15H20N2O4. The average molecular weight is 292 g/mol. The Bertz CT molecular complexity index is 502. The smallest absolute Gasteiger partial charge is 0.323 e. The zero-order valence-electron chi connectivity index (χ0n) is 12.3. The van der Waals surface area contributed by atoms with Crippen LogP contribution >= 0.6 is 0 Å². The van der Waals surface area contributed by atoms with Gasteiger partial charge in [0.05, 0.1) is 0 Å². The molecule has 0 bridgehead atoms. The zero-order valence-corrected chi connectivity index (χ0v) is 12.3. The SMILES string of the molecule is CN(CC(=O)O)C(=O)CCCC(=O)N(C)c1ccccc1. The van der Waals surface area contributed by atoms with Gasteiger partial charge in [0.25, 0.3) is 0 Å². The quantitative estimate of drug-likeness (QED) is 0.823. The second kappa shape index (κ2) is 8.04. The van der Waals surface area contributed by atoms with E-state index in [4.69, 9.17) is 5.11 Å². The summed E-state index contributed by atoms with van der Waals surface area (Å²) in [5.41, 5.74) is 0.803. The summed E-state index contributed by atoms with van der Waals surface area (Å²) in [6, 6.07) is 9.25. The monoisotopic (exact) mass is 292 g/mol. The van der Waals surface area contributed by atoms with E-state index in [1.165, 1.54) is 7.05 Å². The summed E-state index contributed by atoms with van der Waals surface area (Å²) in [6.07, 6.45) is 0.814. The van der Waals surface area contributed by atoms with Gasteiger partial charge in [-0.3, -0.25) is 14.4 Å². The lowest BCUT2D eigenvalue weighted by molar-refractivity contribution is -0.143. The van der Waals surface area contributed by atoms with Gasteiger partial charge in [-0.25, -0.2) is 0 Å². The van der Waals surface area contributed by atoms with Crippen LogP contribution in [0.5, 0.6) is 0 Å². The first-order valence-corrected chi connectivity index (χ1v) is 6.69. The third kappa shape index (κ3) is 5.64. The van der Waals surface area contributed by atoms with Crippen molar-refractivity contribution in [3.05, 3.63) is 30.3 Å². The van der Waals surface area contributed by atoms with E-state index < -0.39 is 5.97 Å². The number of aliphatic carboxylic acids is 1. The summed E-state index contributed by atoms with van der Waals surface area (Å²) in [7, 11) is 3.13. The van der Waals surface area contributed by atoms with Crippen LogP contribution in [0.4, 0.5) is 5.69 Å². The molecule has 0 atom stereocenters. The molecule has 1 rings (SSSR count). The molecule has 0 aliphatic carbocycles. The molecule has 0 saturated carbocycles. The summed E-state index contributed by atoms with van der Waals surface area (Å²) < 4.78 is 0. The molecule has 6 nitrogen and oxygen atoms in total. The molecule has 6 heteroatoms. The van der Waals surface area contributed by atoms with Crippen LogP contribution in [0, 0.1) is 0 Å². The lowest BCUT2D eigenvalue weighted by Gasteiger charge is -2.18. The van der Waals surface area contributed by atoms with Crippen molar-refractivity contribution >= 4 is 23.5 Å². The number of hydrogen-bond donors (Lipinski definition) is 1. The number of benzene rings is 1. The number of rotatable bonds is 7. The fraction of sp³-hybridized carbons (Fsp3) is 0.400. The molecule has 21 heavy (non-hydrogen) atoms. The number of para-hydroxylation sites is 1. The highest BCUT2D eigenvalue weighted by Crippen LogP contribution is 2.13. The maximum Gasteiger partial charge on any atom is 0.323 e. The highest BCUT2D eigenvalue weighted by molar-refractivity contribution is 5.93. The molecule has 0 fully saturated rings. The van der Waals surface area contributed by atoms with Gasteiger partial charge in [-0.05, 0) is 18.6 Å². The summed E-state index contributed by atoms with van der Waals surface area (Å²) in [6.45, 7) is -0.323. The topological polar surface area (TPSA) is 77.9 Å². The third-order valence-electron chi connectivity index (χ3n) is 3.10. The maximum absolute atomic E-state index is 12.0. The Hall–Kier alpha value is -2.37. The number of hydrogen-bond acceptors (Lipinski definition) is 3. The predicted molar refractivity (Wildman–Crippen MR) is 79.0 cm³/mol.